The summed E-state index contributed by atoms with van der Waals surface area (Å²) in [5.41, 5.74) is 3.24. The van der Waals surface area contributed by atoms with Crippen molar-refractivity contribution < 1.29 is 54.0 Å². The van der Waals surface area contributed by atoms with E-state index in [-0.39, 0.29) is 17.1 Å². The molecule has 2 aliphatic heterocycles. The number of morpholine rings is 1. The number of rotatable bonds is 10. The van der Waals surface area contributed by atoms with Crippen molar-refractivity contribution in [2.75, 3.05) is 72.9 Å². The van der Waals surface area contributed by atoms with Gasteiger partial charge in [-0.15, -0.1) is 12.2 Å². The van der Waals surface area contributed by atoms with E-state index >= 15 is 0 Å². The smallest absolute Gasteiger partial charge is 0.748 e. The predicted molar refractivity (Wildman–Crippen MR) is 256 cm³/mol. The summed E-state index contributed by atoms with van der Waals surface area (Å²) in [7, 11) is 0.238. The number of halogens is 1. The zero-order chi connectivity index (χ0) is 46.2. The second-order valence-corrected chi connectivity index (χ2v) is 21.0. The molecule has 1 aromatic heterocycles. The average molecular weight is 997 g/mol. The fraction of sp³-hybridized carbons (Fsp3) is 0.519. The summed E-state index contributed by atoms with van der Waals surface area (Å²) in [6.45, 7) is 6.99. The van der Waals surface area contributed by atoms with Crippen LogP contribution < -0.4 is 4.74 Å². The van der Waals surface area contributed by atoms with Crippen LogP contribution in [-0.2, 0) is 46.4 Å². The normalized spacial score (nSPS) is 30.3. The molecule has 12 rings (SSSR count). The topological polar surface area (TPSA) is 137 Å². The Kier molecular flexibility index (Phi) is 19.2. The summed E-state index contributed by atoms with van der Waals surface area (Å²) in [5.74, 6) is 6.03. The Labute approximate surface area is 416 Å². The summed E-state index contributed by atoms with van der Waals surface area (Å²) < 4.78 is 45.5. The van der Waals surface area contributed by atoms with E-state index in [0.717, 1.165) is 106 Å². The van der Waals surface area contributed by atoms with Crippen LogP contribution in [0.2, 0.25) is 5.02 Å². The van der Waals surface area contributed by atoms with Gasteiger partial charge in [0.2, 0.25) is 11.6 Å². The van der Waals surface area contributed by atoms with Gasteiger partial charge in [-0.1, -0.05) is 35.9 Å². The van der Waals surface area contributed by atoms with Crippen molar-refractivity contribution in [3.8, 4) is 5.75 Å². The van der Waals surface area contributed by atoms with Crippen LogP contribution in [0.4, 0.5) is 5.69 Å². The largest absolute Gasteiger partial charge is 2.00 e. The van der Waals surface area contributed by atoms with Crippen molar-refractivity contribution >= 4 is 38.3 Å². The van der Waals surface area contributed by atoms with E-state index in [1.54, 1.807) is 6.20 Å². The molecule has 9 fully saturated rings. The third-order valence-electron chi connectivity index (χ3n) is 14.0. The van der Waals surface area contributed by atoms with Crippen molar-refractivity contribution in [3.05, 3.63) is 134 Å². The molecule has 12 nitrogen and oxygen atoms in total. The minimum Gasteiger partial charge on any atom is -0.748 e. The molecule has 2 spiro atoms. The second-order valence-electron chi connectivity index (χ2n) is 19.1. The molecule has 0 unspecified atom stereocenters. The van der Waals surface area contributed by atoms with Gasteiger partial charge in [0, 0.05) is 68.3 Å². The Morgan fingerprint density at radius 1 is 0.866 bits per heavy atom. The molecule has 0 atom stereocenters. The van der Waals surface area contributed by atoms with Crippen molar-refractivity contribution in [1.29, 1.82) is 0 Å². The van der Waals surface area contributed by atoms with E-state index in [2.05, 4.69) is 72.4 Å². The standard InChI is InChI=1S/C28H39NO5.C18H18ClN3.C5H5.CH4O3S.Fe/c1-3-26(31-14-11-29-9-12-30-13-10-29)4-2-22(1)23-5-7-27(8-6-23)32-28(34-33-27)24-16-20-15-21(18-24)19-25(28)17-20;1-22(2)12-14-5-3-4-13(14)11-21-17-8-9-20-18-10-15(19)6-7-16(17)18;1-2-4-5-3-1;1-5(2,3)4;/h1-4,20-21,23-25H,5-19H2;3-10H,11-12H2,1-2H3;1-5H;1H3,(H,2,3,4);/q;-1;;;+2/p-1. The molecule has 9 aliphatic rings. The van der Waals surface area contributed by atoms with Crippen LogP contribution in [0.25, 0.3) is 16.2 Å². The number of benzene rings is 2. The molecule has 4 bridgehead atoms. The fourth-order valence-electron chi connectivity index (χ4n) is 11.0. The van der Waals surface area contributed by atoms with Gasteiger partial charge in [-0.05, 0) is 175 Å². The summed E-state index contributed by atoms with van der Waals surface area (Å²) in [5, 5.41) is 6.50. The molecule has 10 radical (unpaired) electrons. The minimum absolute atomic E-state index is 0. The zero-order valence-electron chi connectivity index (χ0n) is 38.9. The molecule has 7 aliphatic carbocycles. The maximum absolute atomic E-state index is 9.08. The summed E-state index contributed by atoms with van der Waals surface area (Å²) in [4.78, 5) is 21.2. The maximum atomic E-state index is 9.08. The van der Waals surface area contributed by atoms with Crippen LogP contribution in [-0.4, -0.2) is 112 Å². The van der Waals surface area contributed by atoms with E-state index in [4.69, 9.17) is 53.9 Å². The first-order chi connectivity index (χ1) is 31.8. The van der Waals surface area contributed by atoms with Gasteiger partial charge in [0.05, 0.1) is 28.8 Å². The molecule has 0 amide bonds. The number of hydrogen-bond acceptors (Lipinski definition) is 11. The molecule has 2 saturated heterocycles. The number of ether oxygens (including phenoxy) is 3. The molecule has 7 saturated carbocycles. The Hall–Kier alpha value is -2.07. The van der Waals surface area contributed by atoms with Gasteiger partial charge >= 0.3 is 17.1 Å². The van der Waals surface area contributed by atoms with Gasteiger partial charge < -0.3 is 29.0 Å². The first-order valence-corrected chi connectivity index (χ1v) is 25.8. The molecule has 3 heterocycles. The van der Waals surface area contributed by atoms with Crippen LogP contribution in [0.15, 0.2) is 54.7 Å². The molecule has 362 valence electrons. The Morgan fingerprint density at radius 2 is 1.49 bits per heavy atom. The summed E-state index contributed by atoms with van der Waals surface area (Å²) >= 11 is 6.02. The number of fused-ring (bicyclic) bond motifs is 1. The molecule has 0 N–H and O–H groups in total. The quantitative estimate of drug-likeness (QED) is 0.109. The van der Waals surface area contributed by atoms with Gasteiger partial charge in [0.15, 0.2) is 0 Å². The van der Waals surface area contributed by atoms with Gasteiger partial charge in [-0.2, -0.15) is 9.78 Å². The fourth-order valence-corrected chi connectivity index (χ4v) is 11.2. The number of nitrogens with zero attached hydrogens (tertiary/aromatic N) is 4. The molecule has 2 aromatic carbocycles. The molecule has 15 heteroatoms. The molecular weight excluding hydrogens is 932 g/mol. The van der Waals surface area contributed by atoms with Gasteiger partial charge in [0.25, 0.3) is 0 Å². The van der Waals surface area contributed by atoms with E-state index in [0.29, 0.717) is 35.6 Å². The molecule has 3 aromatic rings. The van der Waals surface area contributed by atoms with Crippen LogP contribution in [0.1, 0.15) is 69.3 Å². The predicted octanol–water partition coefficient (Wildman–Crippen LogP) is 9.29. The average Bonchev–Trinajstić information content (AvgIpc) is 4.09. The summed E-state index contributed by atoms with van der Waals surface area (Å²) in [6.07, 6.45) is 29.3. The number of pyridine rings is 1. The molecule has 67 heavy (non-hydrogen) atoms. The second kappa shape index (κ2) is 24.4. The third-order valence-corrected chi connectivity index (χ3v) is 14.2. The van der Waals surface area contributed by atoms with Crippen LogP contribution in [0.3, 0.4) is 0 Å². The Bertz CT molecular complexity index is 2050. The van der Waals surface area contributed by atoms with Gasteiger partial charge in [-0.3, -0.25) is 9.88 Å². The molecular formula is C52H65ClFeN4O8S. The number of aromatic nitrogens is 1. The van der Waals surface area contributed by atoms with Gasteiger partial charge in [0.1, 0.15) is 12.4 Å². The Balaban J connectivity index is 0.000000173. The van der Waals surface area contributed by atoms with Crippen molar-refractivity contribution in [3.63, 3.8) is 0 Å². The van der Waals surface area contributed by atoms with Crippen molar-refractivity contribution in [2.45, 2.75) is 75.3 Å². The first kappa shape index (κ1) is 52.7. The van der Waals surface area contributed by atoms with Crippen LogP contribution in [0.5, 0.6) is 5.75 Å². The third kappa shape index (κ3) is 14.5. The minimum atomic E-state index is -3.92. The summed E-state index contributed by atoms with van der Waals surface area (Å²) in [6, 6.07) is 16.4. The van der Waals surface area contributed by atoms with Crippen molar-refractivity contribution in [2.24, 2.45) is 23.7 Å². The van der Waals surface area contributed by atoms with E-state index in [1.165, 1.54) is 49.5 Å². The number of hydrogen-bond donors (Lipinski definition) is 0. The van der Waals surface area contributed by atoms with Crippen LogP contribution in [0, 0.1) is 86.9 Å². The Morgan fingerprint density at radius 3 is 2.12 bits per heavy atom. The maximum Gasteiger partial charge on any atom is 2.00 e. The van der Waals surface area contributed by atoms with E-state index < -0.39 is 21.7 Å². The monoisotopic (exact) mass is 996 g/mol. The zero-order valence-corrected chi connectivity index (χ0v) is 41.6. The van der Waals surface area contributed by atoms with Crippen molar-refractivity contribution in [1.82, 2.24) is 14.8 Å². The van der Waals surface area contributed by atoms with Crippen LogP contribution >= 0.6 is 11.6 Å². The first-order valence-electron chi connectivity index (χ1n) is 23.6. The van der Waals surface area contributed by atoms with E-state index in [9.17, 15) is 0 Å². The van der Waals surface area contributed by atoms with E-state index in [1.807, 2.05) is 56.4 Å². The van der Waals surface area contributed by atoms with Gasteiger partial charge in [-0.25, -0.2) is 8.42 Å². The SMILES string of the molecule is CN(C)C[C]1[CH][CH][CH][C]1C[N-]c1ccnc2cc(Cl)ccc12.CS(=O)(=O)[O-].[CH]1[CH][CH][CH][CH]1.[Fe+2].c1cc(C2CCC3(CC2)OOC2(O3)C3CC4CC(C3)CC2C4)ccc1OCCN1CCOCC1.